The van der Waals surface area contributed by atoms with Crippen LogP contribution in [0.5, 0.6) is 0 Å². The number of aliphatic hydroxyl groups excluding tert-OH is 4. The maximum absolute atomic E-state index is 15.2. The van der Waals surface area contributed by atoms with Gasteiger partial charge in [0.2, 0.25) is 0 Å². The van der Waals surface area contributed by atoms with Crippen molar-refractivity contribution in [3.63, 3.8) is 0 Å². The monoisotopic (exact) mass is 1200 g/mol. The molecular formula is C70H101NO15. The number of nitrogens with zero attached hydrogens (tertiary/aromatic N) is 1. The highest BCUT2D eigenvalue weighted by molar-refractivity contribution is 6.04. The van der Waals surface area contributed by atoms with Crippen molar-refractivity contribution in [3.05, 3.63) is 58.2 Å². The van der Waals surface area contributed by atoms with Crippen molar-refractivity contribution in [2.75, 3.05) is 26.9 Å². The molecule has 4 saturated carbocycles. The van der Waals surface area contributed by atoms with Gasteiger partial charge in [-0.3, -0.25) is 24.0 Å². The van der Waals surface area contributed by atoms with Gasteiger partial charge in [-0.05, 0) is 149 Å². The van der Waals surface area contributed by atoms with Crippen LogP contribution < -0.4 is 0 Å². The first kappa shape index (κ1) is 66.2. The highest BCUT2D eigenvalue weighted by Crippen LogP contribution is 2.75. The second-order valence-electron chi connectivity index (χ2n) is 30.7. The van der Waals surface area contributed by atoms with Crippen LogP contribution in [-0.2, 0) is 52.4 Å². The standard InChI is InChI=1S/C70H101NO15/c1-38(35-82-40(3)72)45-29-53(76)67(12)32-46-42(36-81-15)20-21-44(46)39(2)56(77)59(54(45)67)86-62-58(79)60(84-41(4)73)57(78)49(85-62)37-83-64(7,8)23-18-16-17-19-52(75)70-27-25-63(5,6)33-47(70)55-48(74)30-51-66(11)31-43(34-71)61(80)65(9,10)50(66)22-24-68(51,13)69(55,14)26-28-70/h18,23,30-32,38-39,42,44,47,49-50,53,55-60,62,76-79H,16-17,19-22,24-29,33,35-37H2,1-15H3/b23-18+,46-32-/t38-,39-,42-,44+,47+,49?,50+,53+,55+,56-,57?,58?,59-,60?,62?,66+,67+,68-,69-,70+/m1/s1. The zero-order valence-electron chi connectivity index (χ0n) is 54.1. The Hall–Kier alpha value is -4.18. The fourth-order valence-corrected chi connectivity index (χ4v) is 19.0. The first-order valence-corrected chi connectivity index (χ1v) is 32.2. The van der Waals surface area contributed by atoms with Crippen molar-refractivity contribution in [2.45, 2.75) is 235 Å². The number of rotatable bonds is 17. The summed E-state index contributed by atoms with van der Waals surface area (Å²) in [4.78, 5) is 68.5. The van der Waals surface area contributed by atoms with Crippen LogP contribution >= 0.6 is 0 Å². The summed E-state index contributed by atoms with van der Waals surface area (Å²) in [6.45, 7) is 27.5. The fraction of sp³-hybridized carbons (Fsp3) is 0.771. The van der Waals surface area contributed by atoms with E-state index >= 15 is 9.59 Å². The van der Waals surface area contributed by atoms with E-state index in [-0.39, 0.29) is 88.9 Å². The quantitative estimate of drug-likeness (QED) is 0.0601. The van der Waals surface area contributed by atoms with E-state index in [1.807, 2.05) is 72.8 Å². The van der Waals surface area contributed by atoms with E-state index in [9.17, 15) is 40.1 Å². The lowest BCUT2D eigenvalue weighted by molar-refractivity contribution is -0.320. The number of carbonyl (C=O) groups is 5. The number of allylic oxidation sites excluding steroid dienone is 5. The zero-order chi connectivity index (χ0) is 63.2. The molecule has 0 aromatic rings. The van der Waals surface area contributed by atoms with Crippen LogP contribution in [0.1, 0.15) is 180 Å². The van der Waals surface area contributed by atoms with E-state index < -0.39 is 99.6 Å². The smallest absolute Gasteiger partial charge is 0.303 e. The minimum Gasteiger partial charge on any atom is -0.465 e. The number of hydrogen-bond donors (Lipinski definition) is 4. The van der Waals surface area contributed by atoms with Gasteiger partial charge in [-0.1, -0.05) is 103 Å². The van der Waals surface area contributed by atoms with Crippen LogP contribution in [0.4, 0.5) is 0 Å². The van der Waals surface area contributed by atoms with Crippen LogP contribution in [0.15, 0.2) is 58.2 Å². The summed E-state index contributed by atoms with van der Waals surface area (Å²) in [5, 5.41) is 58.7. The van der Waals surface area contributed by atoms with Crippen LogP contribution in [0.2, 0.25) is 0 Å². The Morgan fingerprint density at radius 3 is 2.24 bits per heavy atom. The molecular weight excluding hydrogens is 1090 g/mol. The van der Waals surface area contributed by atoms with Crippen molar-refractivity contribution in [2.24, 2.45) is 79.3 Å². The number of esters is 2. The lowest BCUT2D eigenvalue weighted by Crippen LogP contribution is -2.65. The molecule has 20 atom stereocenters. The summed E-state index contributed by atoms with van der Waals surface area (Å²) in [6, 6.07) is 2.20. The first-order valence-electron chi connectivity index (χ1n) is 32.2. The molecule has 9 aliphatic rings. The Morgan fingerprint density at radius 2 is 1.58 bits per heavy atom. The average molecular weight is 1200 g/mol. The second-order valence-corrected chi connectivity index (χ2v) is 30.7. The van der Waals surface area contributed by atoms with Crippen LogP contribution in [0.3, 0.4) is 0 Å². The van der Waals surface area contributed by atoms with Gasteiger partial charge in [-0.2, -0.15) is 5.26 Å². The predicted octanol–water partition coefficient (Wildman–Crippen LogP) is 9.94. The molecule has 476 valence electrons. The molecule has 1 saturated heterocycles. The molecule has 8 aliphatic carbocycles. The summed E-state index contributed by atoms with van der Waals surface area (Å²) in [5.41, 5.74) is -1.25. The molecule has 86 heavy (non-hydrogen) atoms. The Morgan fingerprint density at radius 1 is 0.884 bits per heavy atom. The molecule has 0 amide bonds. The molecule has 4 N–H and O–H groups in total. The van der Waals surface area contributed by atoms with Gasteiger partial charge in [-0.15, -0.1) is 0 Å². The van der Waals surface area contributed by atoms with E-state index in [2.05, 4.69) is 46.8 Å². The topological polar surface area (TPSA) is 245 Å². The second kappa shape index (κ2) is 23.9. The van der Waals surface area contributed by atoms with E-state index in [1.165, 1.54) is 13.8 Å². The number of hydrogen-bond acceptors (Lipinski definition) is 16. The Kier molecular flexibility index (Phi) is 18.4. The van der Waals surface area contributed by atoms with Crippen molar-refractivity contribution in [1.29, 1.82) is 5.26 Å². The maximum atomic E-state index is 15.2. The molecule has 0 radical (unpaired) electrons. The number of carbonyl (C=O) groups excluding carboxylic acids is 5. The van der Waals surface area contributed by atoms with E-state index in [1.54, 1.807) is 7.11 Å². The van der Waals surface area contributed by atoms with Gasteiger partial charge in [0, 0.05) is 66.8 Å². The number of methoxy groups -OCH3 is 1. The minimum absolute atomic E-state index is 0.0194. The molecule has 0 spiro atoms. The highest BCUT2D eigenvalue weighted by atomic mass is 16.7. The molecule has 0 aromatic carbocycles. The molecule has 0 bridgehead atoms. The molecule has 5 fully saturated rings. The number of fused-ring (bicyclic) bond motifs is 9. The summed E-state index contributed by atoms with van der Waals surface area (Å²) in [6.07, 6.45) is 7.71. The van der Waals surface area contributed by atoms with Gasteiger partial charge in [0.15, 0.2) is 24.0 Å². The Labute approximate surface area is 510 Å². The number of Topliss-reactive ketones (excluding diaryl/α,β-unsaturated/α-hetero) is 2. The molecule has 16 heteroatoms. The van der Waals surface area contributed by atoms with Gasteiger partial charge in [0.25, 0.3) is 0 Å². The summed E-state index contributed by atoms with van der Waals surface area (Å²) < 4.78 is 36.5. The summed E-state index contributed by atoms with van der Waals surface area (Å²) in [5.74, 6) is -2.34. The Bertz CT molecular complexity index is 2890. The van der Waals surface area contributed by atoms with E-state index in [4.69, 9.17) is 28.4 Å². The van der Waals surface area contributed by atoms with Gasteiger partial charge >= 0.3 is 11.9 Å². The predicted molar refractivity (Wildman–Crippen MR) is 321 cm³/mol. The Balaban J connectivity index is 0.902. The van der Waals surface area contributed by atoms with Crippen molar-refractivity contribution in [1.82, 2.24) is 0 Å². The van der Waals surface area contributed by atoms with Crippen molar-refractivity contribution < 1.29 is 72.8 Å². The number of nitriles is 1. The number of aliphatic hydroxyl groups is 4. The summed E-state index contributed by atoms with van der Waals surface area (Å²) in [7, 11) is 1.66. The largest absolute Gasteiger partial charge is 0.465 e. The fourth-order valence-electron chi connectivity index (χ4n) is 19.0. The molecule has 1 heterocycles. The van der Waals surface area contributed by atoms with Crippen LogP contribution in [-0.4, -0.2) is 131 Å². The number of ether oxygens (including phenoxy) is 6. The molecule has 5 unspecified atom stereocenters. The van der Waals surface area contributed by atoms with Crippen LogP contribution in [0, 0.1) is 90.7 Å². The molecule has 0 aromatic heterocycles. The molecule has 1 aliphatic heterocycles. The summed E-state index contributed by atoms with van der Waals surface area (Å²) >= 11 is 0. The lowest BCUT2D eigenvalue weighted by Gasteiger charge is -2.69. The lowest BCUT2D eigenvalue weighted by atomic mass is 9.34. The third kappa shape index (κ3) is 11.3. The number of ketones is 3. The zero-order valence-corrected chi connectivity index (χ0v) is 54.1. The minimum atomic E-state index is -1.72. The molecule has 16 nitrogen and oxygen atoms in total. The highest BCUT2D eigenvalue weighted by Gasteiger charge is 2.71. The van der Waals surface area contributed by atoms with E-state index in [0.717, 1.165) is 68.1 Å². The molecule has 9 rings (SSSR count). The SMILES string of the molecule is COC[C@H]1CC[C@@H]2/C1=C\[C@]1(C)C(=C([C@H](C)COC(C)=O)C[C@@H]1O)[C@@H](OC1OC(COC(C)(C)/C=C/CCCC(=O)[C@]34CCC(C)(C)C[C@H]3[C@H]3C(=O)C=C5[C@@]6(C)C=C(C#N)C(=O)C(C)(C)[C@@H]6CC[C@@]5(C)[C@]3(C)CC4)C(O)C(OC(C)=O)C1O)[C@H](O)[C@@H]2C. The third-order valence-electron chi connectivity index (χ3n) is 24.0. The normalized spacial score (nSPS) is 42.6. The first-order chi connectivity index (χ1) is 40.1. The van der Waals surface area contributed by atoms with Crippen LogP contribution in [0.25, 0.3) is 0 Å². The maximum Gasteiger partial charge on any atom is 0.303 e. The van der Waals surface area contributed by atoms with Gasteiger partial charge < -0.3 is 48.8 Å². The third-order valence-corrected chi connectivity index (χ3v) is 24.0. The van der Waals surface area contributed by atoms with Gasteiger partial charge in [0.05, 0.1) is 43.2 Å². The van der Waals surface area contributed by atoms with E-state index in [0.29, 0.717) is 37.9 Å². The van der Waals surface area contributed by atoms with Crippen molar-refractivity contribution in [3.8, 4) is 6.07 Å². The average Bonchev–Trinajstić information content (AvgIpc) is 0.823. The number of unbranched alkanes of at least 4 members (excludes halogenated alkanes) is 1. The van der Waals surface area contributed by atoms with Gasteiger partial charge in [0.1, 0.15) is 36.3 Å². The van der Waals surface area contributed by atoms with Crippen molar-refractivity contribution >= 4 is 29.3 Å². The van der Waals surface area contributed by atoms with Gasteiger partial charge in [-0.25, -0.2) is 0 Å².